The van der Waals surface area contributed by atoms with E-state index < -0.39 is 22.7 Å². The molecule has 0 bridgehead atoms. The van der Waals surface area contributed by atoms with Crippen molar-refractivity contribution in [2.75, 3.05) is 16.8 Å². The molecule has 2 amide bonds. The number of hydrogen-bond donors (Lipinski definition) is 1. The number of nitrogens with zero attached hydrogens (tertiary/aromatic N) is 1. The molecule has 3 aromatic carbocycles. The fourth-order valence-electron chi connectivity index (χ4n) is 3.64. The molecule has 4 rings (SSSR count). The lowest BCUT2D eigenvalue weighted by molar-refractivity contribution is -0.137. The van der Waals surface area contributed by atoms with Gasteiger partial charge in [0.2, 0.25) is 5.91 Å². The zero-order chi connectivity index (χ0) is 21.5. The molecule has 0 saturated carbocycles. The molecule has 0 saturated heterocycles. The van der Waals surface area contributed by atoms with E-state index >= 15 is 0 Å². The van der Waals surface area contributed by atoms with Crippen LogP contribution in [0.25, 0.3) is 10.8 Å². The summed E-state index contributed by atoms with van der Waals surface area (Å²) in [7, 11) is 0. The van der Waals surface area contributed by atoms with Crippen molar-refractivity contribution in [3.8, 4) is 0 Å². The lowest BCUT2D eigenvalue weighted by Gasteiger charge is -2.17. The highest BCUT2D eigenvalue weighted by atomic mass is 35.5. The monoisotopic (exact) mass is 432 g/mol. The molecule has 30 heavy (non-hydrogen) atoms. The van der Waals surface area contributed by atoms with E-state index in [9.17, 15) is 22.8 Å². The number of amides is 2. The van der Waals surface area contributed by atoms with Gasteiger partial charge in [-0.2, -0.15) is 13.2 Å². The summed E-state index contributed by atoms with van der Waals surface area (Å²) in [4.78, 5) is 26.5. The van der Waals surface area contributed by atoms with Crippen molar-refractivity contribution in [2.45, 2.75) is 19.0 Å². The van der Waals surface area contributed by atoms with Crippen molar-refractivity contribution in [3.05, 3.63) is 70.7 Å². The summed E-state index contributed by atoms with van der Waals surface area (Å²) in [5.41, 5.74) is 0.455. The summed E-state index contributed by atoms with van der Waals surface area (Å²) in [5.74, 6) is -0.553. The fourth-order valence-corrected chi connectivity index (χ4v) is 3.87. The van der Waals surface area contributed by atoms with Gasteiger partial charge in [0.25, 0.3) is 5.91 Å². The van der Waals surface area contributed by atoms with E-state index in [1.807, 2.05) is 30.3 Å². The Labute approximate surface area is 175 Å². The molecule has 0 aliphatic carbocycles. The number of alkyl halides is 3. The van der Waals surface area contributed by atoms with Crippen molar-refractivity contribution in [1.29, 1.82) is 0 Å². The molecule has 1 N–H and O–H groups in total. The second-order valence-electron chi connectivity index (χ2n) is 6.98. The summed E-state index contributed by atoms with van der Waals surface area (Å²) in [6.45, 7) is 0.328. The van der Waals surface area contributed by atoms with Crippen LogP contribution in [0.1, 0.15) is 28.8 Å². The molecule has 8 heteroatoms. The number of anilines is 2. The molecule has 0 aromatic heterocycles. The first-order valence-corrected chi connectivity index (χ1v) is 9.64. The molecule has 4 nitrogen and oxygen atoms in total. The topological polar surface area (TPSA) is 49.4 Å². The number of rotatable bonds is 5. The summed E-state index contributed by atoms with van der Waals surface area (Å²) in [5, 5.41) is 3.90. The number of carbonyl (C=O) groups is 2. The minimum atomic E-state index is -4.61. The maximum Gasteiger partial charge on any atom is 0.417 e. The molecule has 0 fully saturated rings. The van der Waals surface area contributed by atoms with Gasteiger partial charge in [0.1, 0.15) is 0 Å². The highest BCUT2D eigenvalue weighted by molar-refractivity contribution is 6.31. The number of halogens is 4. The first-order chi connectivity index (χ1) is 14.3. The maximum absolute atomic E-state index is 12.9. The van der Waals surface area contributed by atoms with Crippen LogP contribution in [0, 0.1) is 0 Å². The van der Waals surface area contributed by atoms with Gasteiger partial charge in [-0.05, 0) is 42.1 Å². The number of benzene rings is 3. The summed E-state index contributed by atoms with van der Waals surface area (Å²) >= 11 is 5.59. The SMILES string of the molecule is O=C(CCCN1C(=O)c2cccc3cccc1c23)Nc1ccc(Cl)c(C(F)(F)F)c1. The Morgan fingerprint density at radius 3 is 2.53 bits per heavy atom. The molecule has 3 aromatic rings. The average Bonchev–Trinajstić information content (AvgIpc) is 2.97. The first kappa shape index (κ1) is 20.2. The van der Waals surface area contributed by atoms with E-state index in [-0.39, 0.29) is 18.0 Å². The van der Waals surface area contributed by atoms with Crippen molar-refractivity contribution >= 4 is 45.6 Å². The Hall–Kier alpha value is -3.06. The third-order valence-corrected chi connectivity index (χ3v) is 5.32. The molecule has 1 aliphatic heterocycles. The lowest BCUT2D eigenvalue weighted by atomic mass is 10.1. The third kappa shape index (κ3) is 3.73. The molecule has 154 valence electrons. The number of carbonyl (C=O) groups excluding carboxylic acids is 2. The third-order valence-electron chi connectivity index (χ3n) is 4.99. The van der Waals surface area contributed by atoms with Gasteiger partial charge < -0.3 is 10.2 Å². The van der Waals surface area contributed by atoms with Crippen LogP contribution in [0.15, 0.2) is 54.6 Å². The van der Waals surface area contributed by atoms with Gasteiger partial charge in [0.05, 0.1) is 16.3 Å². The average molecular weight is 433 g/mol. The maximum atomic E-state index is 12.9. The van der Waals surface area contributed by atoms with Crippen LogP contribution in [0.3, 0.4) is 0 Å². The van der Waals surface area contributed by atoms with E-state index in [1.165, 1.54) is 6.07 Å². The van der Waals surface area contributed by atoms with Crippen LogP contribution in [0.2, 0.25) is 5.02 Å². The Morgan fingerprint density at radius 2 is 1.80 bits per heavy atom. The predicted octanol–water partition coefficient (Wildman–Crippen LogP) is 5.89. The zero-order valence-electron chi connectivity index (χ0n) is 15.6. The summed E-state index contributed by atoms with van der Waals surface area (Å²) in [6.07, 6.45) is -4.19. The van der Waals surface area contributed by atoms with Crippen LogP contribution < -0.4 is 10.2 Å². The van der Waals surface area contributed by atoms with E-state index in [0.29, 0.717) is 18.5 Å². The Kier molecular flexibility index (Phi) is 5.15. The molecule has 1 heterocycles. The number of nitrogens with one attached hydrogen (secondary N) is 1. The molecule has 1 aliphatic rings. The standard InChI is InChI=1S/C22H16ClF3N2O2/c23-17-10-9-14(12-16(17)22(24,25)26)27-19(29)8-3-11-28-18-7-2-5-13-4-1-6-15(20(13)18)21(28)30/h1-2,4-7,9-10,12H,3,8,11H2,(H,27,29). The number of hydrogen-bond acceptors (Lipinski definition) is 2. The van der Waals surface area contributed by atoms with Gasteiger partial charge >= 0.3 is 6.18 Å². The van der Waals surface area contributed by atoms with Gasteiger partial charge in [0.15, 0.2) is 0 Å². The second-order valence-corrected chi connectivity index (χ2v) is 7.39. The van der Waals surface area contributed by atoms with E-state index in [4.69, 9.17) is 11.6 Å². The van der Waals surface area contributed by atoms with E-state index in [2.05, 4.69) is 5.32 Å². The molecular formula is C22H16ClF3N2O2. The second kappa shape index (κ2) is 7.65. The minimum Gasteiger partial charge on any atom is -0.326 e. The smallest absolute Gasteiger partial charge is 0.326 e. The molecular weight excluding hydrogens is 417 g/mol. The predicted molar refractivity (Wildman–Crippen MR) is 110 cm³/mol. The minimum absolute atomic E-state index is 0.0196. The molecule has 0 radical (unpaired) electrons. The largest absolute Gasteiger partial charge is 0.417 e. The van der Waals surface area contributed by atoms with Gasteiger partial charge in [-0.3, -0.25) is 9.59 Å². The Bertz CT molecular complexity index is 1160. The van der Waals surface area contributed by atoms with Crippen LogP contribution >= 0.6 is 11.6 Å². The van der Waals surface area contributed by atoms with Crippen LogP contribution in [-0.4, -0.2) is 18.4 Å². The van der Waals surface area contributed by atoms with Gasteiger partial charge in [-0.25, -0.2) is 0 Å². The Balaban J connectivity index is 1.40. The van der Waals surface area contributed by atoms with Crippen LogP contribution in [0.5, 0.6) is 0 Å². The van der Waals surface area contributed by atoms with Crippen molar-refractivity contribution in [2.24, 2.45) is 0 Å². The highest BCUT2D eigenvalue weighted by Crippen LogP contribution is 2.38. The van der Waals surface area contributed by atoms with Gasteiger partial charge in [0, 0.05) is 29.6 Å². The normalized spacial score (nSPS) is 13.2. The van der Waals surface area contributed by atoms with Crippen molar-refractivity contribution in [3.63, 3.8) is 0 Å². The summed E-state index contributed by atoms with van der Waals surface area (Å²) in [6, 6.07) is 14.4. The molecule has 0 unspecified atom stereocenters. The van der Waals surface area contributed by atoms with Crippen LogP contribution in [-0.2, 0) is 11.0 Å². The highest BCUT2D eigenvalue weighted by Gasteiger charge is 2.33. The van der Waals surface area contributed by atoms with Crippen molar-refractivity contribution in [1.82, 2.24) is 0 Å². The first-order valence-electron chi connectivity index (χ1n) is 9.26. The molecule has 0 atom stereocenters. The van der Waals surface area contributed by atoms with Gasteiger partial charge in [-0.15, -0.1) is 0 Å². The zero-order valence-corrected chi connectivity index (χ0v) is 16.3. The summed E-state index contributed by atoms with van der Waals surface area (Å²) < 4.78 is 38.8. The van der Waals surface area contributed by atoms with E-state index in [1.54, 1.807) is 11.0 Å². The molecule has 0 spiro atoms. The van der Waals surface area contributed by atoms with Gasteiger partial charge in [-0.1, -0.05) is 35.9 Å². The quantitative estimate of drug-likeness (QED) is 0.546. The lowest BCUT2D eigenvalue weighted by Crippen LogP contribution is -2.28. The van der Waals surface area contributed by atoms with E-state index in [0.717, 1.165) is 28.6 Å². The Morgan fingerprint density at radius 1 is 1.07 bits per heavy atom. The fraction of sp³-hybridized carbons (Fsp3) is 0.182. The van der Waals surface area contributed by atoms with Crippen LogP contribution in [0.4, 0.5) is 24.5 Å². The van der Waals surface area contributed by atoms with Crippen molar-refractivity contribution < 1.29 is 22.8 Å².